The Morgan fingerprint density at radius 3 is 2.33 bits per heavy atom. The highest BCUT2D eigenvalue weighted by Gasteiger charge is 2.20. The minimum atomic E-state index is -0.293. The molecule has 0 aromatic heterocycles. The lowest BCUT2D eigenvalue weighted by Gasteiger charge is -2.35. The Kier molecular flexibility index (Phi) is 6.78. The molecule has 1 aromatic rings. The van der Waals surface area contributed by atoms with Crippen LogP contribution in [0.3, 0.4) is 0 Å². The summed E-state index contributed by atoms with van der Waals surface area (Å²) >= 11 is 0. The molecule has 1 fully saturated rings. The van der Waals surface area contributed by atoms with E-state index in [1.807, 2.05) is 13.8 Å². The van der Waals surface area contributed by atoms with Crippen LogP contribution < -0.4 is 5.32 Å². The van der Waals surface area contributed by atoms with Crippen LogP contribution in [-0.4, -0.2) is 66.2 Å². The Morgan fingerprint density at radius 2 is 1.75 bits per heavy atom. The van der Waals surface area contributed by atoms with Crippen molar-refractivity contribution in [3.63, 3.8) is 0 Å². The van der Waals surface area contributed by atoms with Crippen LogP contribution in [0.25, 0.3) is 0 Å². The fourth-order valence-corrected chi connectivity index (χ4v) is 3.11. The molecule has 2 atom stereocenters. The van der Waals surface area contributed by atoms with E-state index in [1.165, 1.54) is 11.1 Å². The monoisotopic (exact) mass is 333 g/mol. The van der Waals surface area contributed by atoms with E-state index in [0.717, 1.165) is 31.7 Å². The van der Waals surface area contributed by atoms with Gasteiger partial charge in [0, 0.05) is 32.7 Å². The average molecular weight is 333 g/mol. The first-order valence-electron chi connectivity index (χ1n) is 8.84. The number of hydrogen-bond acceptors (Lipinski definition) is 4. The van der Waals surface area contributed by atoms with Crippen LogP contribution in [0, 0.1) is 13.8 Å². The van der Waals surface area contributed by atoms with Crippen LogP contribution in [0.2, 0.25) is 0 Å². The van der Waals surface area contributed by atoms with Gasteiger partial charge in [-0.05, 0) is 44.4 Å². The second-order valence-corrected chi connectivity index (χ2v) is 7.06. The molecule has 2 N–H and O–H groups in total. The Balaban J connectivity index is 1.78. The van der Waals surface area contributed by atoms with E-state index in [1.54, 1.807) is 0 Å². The zero-order valence-electron chi connectivity index (χ0n) is 15.4. The summed E-state index contributed by atoms with van der Waals surface area (Å²) in [4.78, 5) is 16.7. The number of aryl methyl sites for hydroxylation is 2. The number of carbonyl (C=O) groups is 1. The van der Waals surface area contributed by atoms with Crippen molar-refractivity contribution in [2.45, 2.75) is 39.8 Å². The van der Waals surface area contributed by atoms with Crippen LogP contribution >= 0.6 is 0 Å². The van der Waals surface area contributed by atoms with Gasteiger partial charge in [-0.3, -0.25) is 14.6 Å². The second-order valence-electron chi connectivity index (χ2n) is 7.06. The lowest BCUT2D eigenvalue weighted by Crippen LogP contribution is -2.50. The first-order valence-corrected chi connectivity index (χ1v) is 8.84. The summed E-state index contributed by atoms with van der Waals surface area (Å²) in [5, 5.41) is 12.5. The predicted octanol–water partition coefficient (Wildman–Crippen LogP) is 1.48. The van der Waals surface area contributed by atoms with E-state index in [4.69, 9.17) is 0 Å². The number of aliphatic hydroxyl groups excluding tert-OH is 1. The number of amides is 1. The van der Waals surface area contributed by atoms with Gasteiger partial charge < -0.3 is 10.4 Å². The summed E-state index contributed by atoms with van der Waals surface area (Å²) in [7, 11) is 0. The largest absolute Gasteiger partial charge is 0.392 e. The van der Waals surface area contributed by atoms with Crippen LogP contribution in [0.1, 0.15) is 36.6 Å². The molecule has 1 aliphatic heterocycles. The van der Waals surface area contributed by atoms with Crippen molar-refractivity contribution in [2.75, 3.05) is 39.3 Å². The number of nitrogens with one attached hydrogen (secondary N) is 1. The van der Waals surface area contributed by atoms with Gasteiger partial charge in [-0.1, -0.05) is 18.2 Å². The molecule has 1 aliphatic rings. The fraction of sp³-hybridized carbons (Fsp3) is 0.632. The molecule has 1 aromatic carbocycles. The molecule has 2 rings (SSSR count). The van der Waals surface area contributed by atoms with E-state index in [0.29, 0.717) is 13.1 Å². The average Bonchev–Trinajstić information content (AvgIpc) is 2.51. The molecule has 134 valence electrons. The number of β-amino-alcohol motifs (C(OH)–C–C–N with tert-alkyl or cyclic N) is 1. The Labute approximate surface area is 145 Å². The number of benzene rings is 1. The number of nitrogens with zero attached hydrogens (tertiary/aromatic N) is 2. The summed E-state index contributed by atoms with van der Waals surface area (Å²) < 4.78 is 0. The molecule has 1 heterocycles. The van der Waals surface area contributed by atoms with Gasteiger partial charge >= 0.3 is 0 Å². The fourth-order valence-electron chi connectivity index (χ4n) is 3.11. The van der Waals surface area contributed by atoms with Crippen molar-refractivity contribution < 1.29 is 9.90 Å². The highest BCUT2D eigenvalue weighted by Crippen LogP contribution is 2.16. The Morgan fingerprint density at radius 1 is 1.12 bits per heavy atom. The molecule has 0 spiro atoms. The first-order chi connectivity index (χ1) is 11.3. The van der Waals surface area contributed by atoms with Crippen LogP contribution in [0.15, 0.2) is 18.2 Å². The van der Waals surface area contributed by atoms with Gasteiger partial charge in [0.1, 0.15) is 0 Å². The number of hydrogen-bond donors (Lipinski definition) is 2. The highest BCUT2D eigenvalue weighted by molar-refractivity contribution is 5.78. The van der Waals surface area contributed by atoms with E-state index < -0.39 is 0 Å². The maximum atomic E-state index is 12.3. The Bertz CT molecular complexity index is 552. The van der Waals surface area contributed by atoms with Gasteiger partial charge in [0.25, 0.3) is 0 Å². The molecule has 1 saturated heterocycles. The lowest BCUT2D eigenvalue weighted by atomic mass is 10.0. The maximum absolute atomic E-state index is 12.3. The minimum absolute atomic E-state index is 0.0216. The van der Waals surface area contributed by atoms with Crippen LogP contribution in [0.5, 0.6) is 0 Å². The molecule has 24 heavy (non-hydrogen) atoms. The molecule has 0 saturated carbocycles. The van der Waals surface area contributed by atoms with Gasteiger partial charge in [0.05, 0.1) is 18.7 Å². The maximum Gasteiger partial charge on any atom is 0.234 e. The molecule has 0 bridgehead atoms. The number of carbonyl (C=O) groups excluding carboxylic acids is 1. The second kappa shape index (κ2) is 8.60. The van der Waals surface area contributed by atoms with Gasteiger partial charge in [-0.25, -0.2) is 0 Å². The first kappa shape index (κ1) is 18.9. The van der Waals surface area contributed by atoms with E-state index in [2.05, 4.69) is 47.2 Å². The van der Waals surface area contributed by atoms with Crippen molar-refractivity contribution in [1.82, 2.24) is 15.1 Å². The van der Waals surface area contributed by atoms with Crippen molar-refractivity contribution >= 4 is 5.91 Å². The van der Waals surface area contributed by atoms with E-state index >= 15 is 0 Å². The van der Waals surface area contributed by atoms with Crippen molar-refractivity contribution in [1.29, 1.82) is 0 Å². The highest BCUT2D eigenvalue weighted by atomic mass is 16.3. The third-order valence-corrected chi connectivity index (χ3v) is 4.76. The smallest absolute Gasteiger partial charge is 0.234 e. The van der Waals surface area contributed by atoms with Crippen LogP contribution in [0.4, 0.5) is 0 Å². The topological polar surface area (TPSA) is 55.8 Å². The molecular weight excluding hydrogens is 302 g/mol. The third kappa shape index (κ3) is 5.58. The molecule has 5 heteroatoms. The molecule has 1 amide bonds. The normalized spacial score (nSPS) is 19.0. The standard InChI is InChI=1S/C19H31N3O2/c1-14-5-6-18(11-15(14)2)17(4)20-19(24)13-22-9-7-21(8-10-22)12-16(3)23/h5-6,11,16-17,23H,7-10,12-13H2,1-4H3,(H,20,24)/t16-,17-/m1/s1. The zero-order chi connectivity index (χ0) is 17.7. The molecule has 0 aliphatic carbocycles. The van der Waals surface area contributed by atoms with E-state index in [9.17, 15) is 9.90 Å². The minimum Gasteiger partial charge on any atom is -0.392 e. The van der Waals surface area contributed by atoms with Gasteiger partial charge in [-0.2, -0.15) is 0 Å². The zero-order valence-corrected chi connectivity index (χ0v) is 15.4. The number of piperazine rings is 1. The quantitative estimate of drug-likeness (QED) is 0.828. The molecule has 0 radical (unpaired) electrons. The predicted molar refractivity (Wildman–Crippen MR) is 97.0 cm³/mol. The van der Waals surface area contributed by atoms with Gasteiger partial charge in [0.15, 0.2) is 0 Å². The van der Waals surface area contributed by atoms with Crippen molar-refractivity contribution in [3.05, 3.63) is 34.9 Å². The van der Waals surface area contributed by atoms with Gasteiger partial charge in [0.2, 0.25) is 5.91 Å². The molecule has 0 unspecified atom stereocenters. The van der Waals surface area contributed by atoms with Gasteiger partial charge in [-0.15, -0.1) is 0 Å². The van der Waals surface area contributed by atoms with E-state index in [-0.39, 0.29) is 18.1 Å². The SMILES string of the molecule is Cc1ccc([C@@H](C)NC(=O)CN2CCN(C[C@@H](C)O)CC2)cc1C. The number of rotatable bonds is 6. The van der Waals surface area contributed by atoms with Crippen molar-refractivity contribution in [3.8, 4) is 0 Å². The van der Waals surface area contributed by atoms with Crippen molar-refractivity contribution in [2.24, 2.45) is 0 Å². The lowest BCUT2D eigenvalue weighted by molar-refractivity contribution is -0.123. The summed E-state index contributed by atoms with van der Waals surface area (Å²) in [5.41, 5.74) is 3.67. The molecular formula is C19H31N3O2. The number of aliphatic hydroxyl groups is 1. The summed E-state index contributed by atoms with van der Waals surface area (Å²) in [6, 6.07) is 6.36. The summed E-state index contributed by atoms with van der Waals surface area (Å²) in [5.74, 6) is 0.0738. The summed E-state index contributed by atoms with van der Waals surface area (Å²) in [6.07, 6.45) is -0.293. The van der Waals surface area contributed by atoms with Crippen LogP contribution in [-0.2, 0) is 4.79 Å². The third-order valence-electron chi connectivity index (χ3n) is 4.76. The summed E-state index contributed by atoms with van der Waals surface area (Å²) in [6.45, 7) is 12.8. The Hall–Kier alpha value is -1.43. The molecule has 5 nitrogen and oxygen atoms in total.